The van der Waals surface area contributed by atoms with E-state index in [2.05, 4.69) is 0 Å². The van der Waals surface area contributed by atoms with Crippen LogP contribution < -0.4 is 4.18 Å². The van der Waals surface area contributed by atoms with Gasteiger partial charge in [-0.25, -0.2) is 0 Å². The summed E-state index contributed by atoms with van der Waals surface area (Å²) in [6.07, 6.45) is 1.56. The van der Waals surface area contributed by atoms with Crippen molar-refractivity contribution >= 4 is 62.3 Å². The topological polar surface area (TPSA) is 80.8 Å². The van der Waals surface area contributed by atoms with Crippen molar-refractivity contribution in [3.8, 4) is 5.75 Å². The van der Waals surface area contributed by atoms with Crippen LogP contribution in [0, 0.1) is 0 Å². The van der Waals surface area contributed by atoms with Crippen LogP contribution in [0.4, 0.5) is 4.79 Å². The highest BCUT2D eigenvalue weighted by molar-refractivity contribution is 8.18. The summed E-state index contributed by atoms with van der Waals surface area (Å²) in [5.74, 6) is -0.299. The molecule has 4 rings (SSSR count). The Kier molecular flexibility index (Phi) is 6.81. The minimum absolute atomic E-state index is 0.0460. The molecule has 0 aliphatic carbocycles. The van der Waals surface area contributed by atoms with Crippen LogP contribution in [0.2, 0.25) is 10.0 Å². The fourth-order valence-corrected chi connectivity index (χ4v) is 5.10. The first-order valence-electron chi connectivity index (χ1n) is 9.52. The van der Waals surface area contributed by atoms with Crippen LogP contribution >= 0.6 is 35.0 Å². The summed E-state index contributed by atoms with van der Waals surface area (Å²) in [6.45, 7) is 0.0724. The van der Waals surface area contributed by atoms with Gasteiger partial charge in [0.1, 0.15) is 10.6 Å². The predicted molar refractivity (Wildman–Crippen MR) is 129 cm³/mol. The lowest BCUT2D eigenvalue weighted by Gasteiger charge is -2.12. The SMILES string of the molecule is O=C1S/C(=C\c2ccc(OS(=O)(=O)c3ccccc3)cc2)C(=O)N1Cc1ccc(Cl)c(Cl)c1. The van der Waals surface area contributed by atoms with Crippen molar-refractivity contribution in [2.45, 2.75) is 11.4 Å². The number of amides is 2. The lowest BCUT2D eigenvalue weighted by atomic mass is 10.2. The molecular weight excluding hydrogens is 505 g/mol. The van der Waals surface area contributed by atoms with E-state index in [1.807, 2.05) is 0 Å². The zero-order valence-corrected chi connectivity index (χ0v) is 19.9. The molecule has 1 saturated heterocycles. The first-order valence-corrected chi connectivity index (χ1v) is 12.5. The second kappa shape index (κ2) is 9.61. The van der Waals surface area contributed by atoms with Gasteiger partial charge in [-0.2, -0.15) is 8.42 Å². The smallest absolute Gasteiger partial charge is 0.339 e. The molecule has 1 heterocycles. The first kappa shape index (κ1) is 23.4. The van der Waals surface area contributed by atoms with Crippen molar-refractivity contribution in [3.63, 3.8) is 0 Å². The number of carbonyl (C=O) groups is 2. The molecule has 10 heteroatoms. The molecule has 0 aromatic heterocycles. The van der Waals surface area contributed by atoms with Crippen LogP contribution in [-0.4, -0.2) is 24.5 Å². The highest BCUT2D eigenvalue weighted by atomic mass is 35.5. The number of hydrogen-bond donors (Lipinski definition) is 0. The highest BCUT2D eigenvalue weighted by Crippen LogP contribution is 2.34. The van der Waals surface area contributed by atoms with E-state index < -0.39 is 21.3 Å². The van der Waals surface area contributed by atoms with Gasteiger partial charge in [-0.1, -0.05) is 59.6 Å². The average Bonchev–Trinajstić information content (AvgIpc) is 3.05. The number of imide groups is 1. The number of benzene rings is 3. The molecule has 1 aliphatic heterocycles. The largest absolute Gasteiger partial charge is 0.379 e. The molecule has 3 aromatic rings. The fraction of sp³-hybridized carbons (Fsp3) is 0.0435. The lowest BCUT2D eigenvalue weighted by Crippen LogP contribution is -2.27. The molecule has 0 unspecified atom stereocenters. The maximum Gasteiger partial charge on any atom is 0.339 e. The Morgan fingerprint density at radius 3 is 2.27 bits per heavy atom. The van der Waals surface area contributed by atoms with Crippen LogP contribution in [0.3, 0.4) is 0 Å². The van der Waals surface area contributed by atoms with Gasteiger partial charge in [0, 0.05) is 0 Å². The maximum atomic E-state index is 12.7. The second-order valence-corrected chi connectivity index (χ2v) is 10.3. The Morgan fingerprint density at radius 1 is 0.909 bits per heavy atom. The van der Waals surface area contributed by atoms with Crippen molar-refractivity contribution in [2.75, 3.05) is 0 Å². The number of nitrogens with zero attached hydrogens (tertiary/aromatic N) is 1. The van der Waals surface area contributed by atoms with E-state index in [9.17, 15) is 18.0 Å². The van der Waals surface area contributed by atoms with Crippen LogP contribution in [0.25, 0.3) is 6.08 Å². The van der Waals surface area contributed by atoms with Crippen molar-refractivity contribution in [2.24, 2.45) is 0 Å². The van der Waals surface area contributed by atoms with E-state index in [-0.39, 0.29) is 22.1 Å². The van der Waals surface area contributed by atoms with Gasteiger partial charge in [0.05, 0.1) is 21.5 Å². The normalized spacial score (nSPS) is 15.3. The number of carbonyl (C=O) groups excluding carboxylic acids is 2. The number of hydrogen-bond acceptors (Lipinski definition) is 6. The zero-order chi connectivity index (χ0) is 23.6. The number of rotatable bonds is 6. The quantitative estimate of drug-likeness (QED) is 0.293. The van der Waals surface area contributed by atoms with Crippen molar-refractivity contribution in [1.82, 2.24) is 4.90 Å². The maximum absolute atomic E-state index is 12.7. The summed E-state index contributed by atoms with van der Waals surface area (Å²) in [5.41, 5.74) is 1.29. The molecule has 0 bridgehead atoms. The van der Waals surface area contributed by atoms with Gasteiger partial charge < -0.3 is 4.18 Å². The molecular formula is C23H15Cl2NO5S2. The van der Waals surface area contributed by atoms with Gasteiger partial charge >= 0.3 is 10.1 Å². The summed E-state index contributed by atoms with van der Waals surface area (Å²) in [7, 11) is -3.95. The van der Waals surface area contributed by atoms with E-state index in [1.165, 1.54) is 24.3 Å². The molecule has 0 N–H and O–H groups in total. The van der Waals surface area contributed by atoms with Gasteiger partial charge in [0.2, 0.25) is 0 Å². The minimum atomic E-state index is -3.95. The summed E-state index contributed by atoms with van der Waals surface area (Å²) in [4.78, 5) is 26.5. The summed E-state index contributed by atoms with van der Waals surface area (Å²) in [6, 6.07) is 18.9. The molecule has 33 heavy (non-hydrogen) atoms. The lowest BCUT2D eigenvalue weighted by molar-refractivity contribution is -0.123. The third-order valence-electron chi connectivity index (χ3n) is 4.61. The van der Waals surface area contributed by atoms with E-state index in [0.29, 0.717) is 21.2 Å². The molecule has 0 spiro atoms. The predicted octanol–water partition coefficient (Wildman–Crippen LogP) is 6.00. The Hall–Kier alpha value is -2.78. The van der Waals surface area contributed by atoms with E-state index in [0.717, 1.165) is 16.7 Å². The summed E-state index contributed by atoms with van der Waals surface area (Å²) < 4.78 is 29.8. The molecule has 0 saturated carbocycles. The number of halogens is 2. The van der Waals surface area contributed by atoms with Crippen molar-refractivity contribution < 1.29 is 22.2 Å². The van der Waals surface area contributed by atoms with E-state index in [1.54, 1.807) is 54.6 Å². The van der Waals surface area contributed by atoms with Crippen LogP contribution in [-0.2, 0) is 21.5 Å². The summed E-state index contributed by atoms with van der Waals surface area (Å²) in [5, 5.41) is 0.331. The van der Waals surface area contributed by atoms with Gasteiger partial charge in [-0.3, -0.25) is 14.5 Å². The van der Waals surface area contributed by atoms with E-state index in [4.69, 9.17) is 27.4 Å². The van der Waals surface area contributed by atoms with Crippen molar-refractivity contribution in [1.29, 1.82) is 0 Å². The molecule has 2 amide bonds. The average molecular weight is 520 g/mol. The monoisotopic (exact) mass is 519 g/mol. The molecule has 1 aliphatic rings. The molecule has 0 radical (unpaired) electrons. The van der Waals surface area contributed by atoms with Gasteiger partial charge in [0.15, 0.2) is 0 Å². The highest BCUT2D eigenvalue weighted by Gasteiger charge is 2.35. The van der Waals surface area contributed by atoms with E-state index >= 15 is 0 Å². The van der Waals surface area contributed by atoms with Crippen LogP contribution in [0.15, 0.2) is 82.6 Å². The standard InChI is InChI=1S/C23H15Cl2NO5S2/c24-19-11-8-16(12-20(19)25)14-26-22(27)21(32-23(26)28)13-15-6-9-17(10-7-15)31-33(29,30)18-4-2-1-3-5-18/h1-13H,14H2/b21-13-. The minimum Gasteiger partial charge on any atom is -0.379 e. The zero-order valence-electron chi connectivity index (χ0n) is 16.8. The molecule has 1 fully saturated rings. The van der Waals surface area contributed by atoms with Gasteiger partial charge in [-0.05, 0) is 65.4 Å². The molecule has 3 aromatic carbocycles. The fourth-order valence-electron chi connectivity index (χ4n) is 2.99. The van der Waals surface area contributed by atoms with Crippen LogP contribution in [0.1, 0.15) is 11.1 Å². The number of thioether (sulfide) groups is 1. The third kappa shape index (κ3) is 5.42. The van der Waals surface area contributed by atoms with Crippen LogP contribution in [0.5, 0.6) is 5.75 Å². The summed E-state index contributed by atoms with van der Waals surface area (Å²) >= 11 is 12.7. The Balaban J connectivity index is 1.47. The third-order valence-corrected chi connectivity index (χ3v) is 7.52. The molecule has 0 atom stereocenters. The molecule has 6 nitrogen and oxygen atoms in total. The Labute approximate surface area is 204 Å². The second-order valence-electron chi connectivity index (χ2n) is 6.94. The van der Waals surface area contributed by atoms with Gasteiger partial charge in [-0.15, -0.1) is 0 Å². The van der Waals surface area contributed by atoms with Crippen molar-refractivity contribution in [3.05, 3.63) is 98.9 Å². The van der Waals surface area contributed by atoms with Gasteiger partial charge in [0.25, 0.3) is 11.1 Å². The first-order chi connectivity index (χ1) is 15.7. The Bertz CT molecular complexity index is 1360. The molecule has 168 valence electrons. The Morgan fingerprint density at radius 2 is 1.61 bits per heavy atom.